The lowest BCUT2D eigenvalue weighted by Gasteiger charge is -2.29. The highest BCUT2D eigenvalue weighted by atomic mass is 19.4. The molecule has 0 amide bonds. The molecule has 0 unspecified atom stereocenters. The average molecular weight is 571 g/mol. The molecule has 1 N–H and O–H groups in total. The van der Waals surface area contributed by atoms with E-state index in [-0.39, 0.29) is 45.7 Å². The van der Waals surface area contributed by atoms with Crippen LogP contribution in [-0.4, -0.2) is 123 Å². The molecule has 0 aromatic heterocycles. The van der Waals surface area contributed by atoms with E-state index in [1.165, 1.54) is 9.80 Å². The lowest BCUT2D eigenvalue weighted by molar-refractivity contribution is -0.306. The highest BCUT2D eigenvalue weighted by molar-refractivity contribution is 5.72. The Bertz CT molecular complexity index is 762. The van der Waals surface area contributed by atoms with Gasteiger partial charge in [0.1, 0.15) is 0 Å². The molecule has 0 aromatic rings. The van der Waals surface area contributed by atoms with E-state index >= 15 is 0 Å². The lowest BCUT2D eigenvalue weighted by Crippen LogP contribution is -2.44. The van der Waals surface area contributed by atoms with Crippen molar-refractivity contribution in [2.75, 3.05) is 72.0 Å². The van der Waals surface area contributed by atoms with Crippen molar-refractivity contribution in [1.82, 2.24) is 20.0 Å². The lowest BCUT2D eigenvalue weighted by atomic mass is 10.3. The van der Waals surface area contributed by atoms with Crippen molar-refractivity contribution in [3.63, 3.8) is 0 Å². The topological polar surface area (TPSA) is 101 Å². The number of hydrogen-bond acceptors (Lipinski definition) is 10. The van der Waals surface area contributed by atoms with E-state index in [1.54, 1.807) is 4.90 Å². The summed E-state index contributed by atoms with van der Waals surface area (Å²) in [5, 5.41) is 3.05. The summed E-state index contributed by atoms with van der Waals surface area (Å²) in [6, 6.07) is 0. The Labute approximate surface area is 215 Å². The monoisotopic (exact) mass is 570 g/mol. The van der Waals surface area contributed by atoms with Gasteiger partial charge in [0, 0.05) is 53.1 Å². The van der Waals surface area contributed by atoms with Crippen LogP contribution in [0.1, 0.15) is 26.7 Å². The van der Waals surface area contributed by atoms with Crippen LogP contribution in [0.4, 0.5) is 30.7 Å². The minimum absolute atomic E-state index is 0.00955. The van der Waals surface area contributed by atoms with Gasteiger partial charge in [-0.1, -0.05) is 0 Å². The molecule has 222 valence electrons. The van der Waals surface area contributed by atoms with Crippen molar-refractivity contribution >= 4 is 17.9 Å². The number of carbonyl (C=O) groups is 3. The van der Waals surface area contributed by atoms with Crippen LogP contribution >= 0.6 is 0 Å². The number of alkyl halides is 7. The highest BCUT2D eigenvalue weighted by Crippen LogP contribution is 2.17. The molecule has 1 saturated heterocycles. The van der Waals surface area contributed by atoms with Gasteiger partial charge >= 0.3 is 36.5 Å². The fourth-order valence-electron chi connectivity index (χ4n) is 3.57. The van der Waals surface area contributed by atoms with Crippen LogP contribution in [-0.2, 0) is 28.6 Å². The van der Waals surface area contributed by atoms with Crippen LogP contribution in [0.15, 0.2) is 0 Å². The normalized spacial score (nSPS) is 18.9. The van der Waals surface area contributed by atoms with Gasteiger partial charge in [0.25, 0.3) is 0 Å². The number of halogens is 7. The van der Waals surface area contributed by atoms with Crippen LogP contribution in [0.5, 0.6) is 0 Å². The highest BCUT2D eigenvalue weighted by Gasteiger charge is 2.34. The Morgan fingerprint density at radius 1 is 0.605 bits per heavy atom. The molecule has 38 heavy (non-hydrogen) atoms. The summed E-state index contributed by atoms with van der Waals surface area (Å²) >= 11 is 0. The fourth-order valence-corrected chi connectivity index (χ4v) is 3.57. The number of nitrogens with one attached hydrogen (secondary N) is 1. The van der Waals surface area contributed by atoms with Gasteiger partial charge in [-0.15, -0.1) is 13.2 Å². The Hall–Kier alpha value is -2.24. The largest absolute Gasteiger partial charge is 0.575 e. The van der Waals surface area contributed by atoms with Crippen molar-refractivity contribution < 1.29 is 59.3 Å². The third-order valence-electron chi connectivity index (χ3n) is 4.99. The van der Waals surface area contributed by atoms with Crippen molar-refractivity contribution in [2.24, 2.45) is 0 Å². The van der Waals surface area contributed by atoms with Gasteiger partial charge in [-0.3, -0.25) is 29.1 Å². The zero-order valence-corrected chi connectivity index (χ0v) is 21.1. The summed E-state index contributed by atoms with van der Waals surface area (Å²) in [5.74, 6) is -3.93. The molecule has 0 saturated carbocycles. The molecule has 1 fully saturated rings. The summed E-state index contributed by atoms with van der Waals surface area (Å²) in [5.41, 5.74) is 0. The second kappa shape index (κ2) is 15.4. The maximum absolute atomic E-state index is 13.1. The van der Waals surface area contributed by atoms with E-state index in [1.807, 2.05) is 0 Å². The van der Waals surface area contributed by atoms with Crippen LogP contribution in [0.3, 0.4) is 0 Å². The molecule has 0 radical (unpaired) electrons. The van der Waals surface area contributed by atoms with Crippen molar-refractivity contribution in [3.8, 4) is 0 Å². The fraction of sp³-hybridized carbons (Fsp3) is 0.857. The summed E-state index contributed by atoms with van der Waals surface area (Å²) < 4.78 is 101. The summed E-state index contributed by atoms with van der Waals surface area (Å²) in [6.07, 6.45) is -11.9. The maximum Gasteiger partial charge on any atom is 0.575 e. The first-order valence-electron chi connectivity index (χ1n) is 11.8. The molecule has 1 aliphatic heterocycles. The third-order valence-corrected chi connectivity index (χ3v) is 4.99. The van der Waals surface area contributed by atoms with Gasteiger partial charge in [0.2, 0.25) is 0 Å². The Morgan fingerprint density at radius 2 is 1.00 bits per heavy atom. The second-order valence-corrected chi connectivity index (χ2v) is 8.77. The molecule has 0 aromatic carbocycles. The van der Waals surface area contributed by atoms with E-state index in [0.717, 1.165) is 0 Å². The van der Waals surface area contributed by atoms with Crippen molar-refractivity contribution in [2.45, 2.75) is 45.3 Å². The van der Waals surface area contributed by atoms with E-state index < -0.39 is 56.1 Å². The van der Waals surface area contributed by atoms with Gasteiger partial charge < -0.3 is 19.5 Å². The quantitative estimate of drug-likeness (QED) is 0.264. The number of rotatable bonds is 8. The van der Waals surface area contributed by atoms with Gasteiger partial charge in [0.05, 0.1) is 19.6 Å². The predicted molar refractivity (Wildman–Crippen MR) is 117 cm³/mol. The summed E-state index contributed by atoms with van der Waals surface area (Å²) in [4.78, 5) is 39.8. The number of hydrogen-bond donors (Lipinski definition) is 1. The SMILES string of the molecule is CC(F)(F)OC(=O)CN1CCCN(CC(=O)OC(C)(F)F)CCN(CC(=O)OC(F)(F)F)CCCNCC1. The molecular weight excluding hydrogens is 537 g/mol. The number of carbonyl (C=O) groups excluding carboxylic acids is 3. The minimum Gasteiger partial charge on any atom is -0.400 e. The first-order chi connectivity index (χ1) is 17.4. The molecule has 0 spiro atoms. The van der Waals surface area contributed by atoms with Gasteiger partial charge in [0.15, 0.2) is 0 Å². The number of ether oxygens (including phenoxy) is 3. The Kier molecular flexibility index (Phi) is 13.7. The van der Waals surface area contributed by atoms with E-state index in [4.69, 9.17) is 0 Å². The molecule has 0 bridgehead atoms. The van der Waals surface area contributed by atoms with Gasteiger partial charge in [-0.2, -0.15) is 17.6 Å². The molecule has 0 atom stereocenters. The van der Waals surface area contributed by atoms with E-state index in [9.17, 15) is 45.1 Å². The summed E-state index contributed by atoms with van der Waals surface area (Å²) in [7, 11) is 0. The zero-order chi connectivity index (χ0) is 29.0. The minimum atomic E-state index is -5.15. The zero-order valence-electron chi connectivity index (χ0n) is 21.1. The molecule has 1 aliphatic rings. The van der Waals surface area contributed by atoms with Crippen LogP contribution < -0.4 is 5.32 Å². The second-order valence-electron chi connectivity index (χ2n) is 8.77. The molecule has 10 nitrogen and oxygen atoms in total. The van der Waals surface area contributed by atoms with E-state index in [0.29, 0.717) is 33.4 Å². The standard InChI is InChI=1S/C21H33F7N4O6/c1-19(22,23)36-16(33)13-30-8-4-9-32(14-17(34)37-20(2,24)25)12-11-31(7-3-5-29-6-10-30)15-18(35)38-21(26,27)28/h29H,3-15H2,1-2H3. The van der Waals surface area contributed by atoms with Crippen LogP contribution in [0.2, 0.25) is 0 Å². The smallest absolute Gasteiger partial charge is 0.400 e. The third kappa shape index (κ3) is 18.1. The van der Waals surface area contributed by atoms with Crippen LogP contribution in [0.25, 0.3) is 0 Å². The maximum atomic E-state index is 13.1. The molecule has 0 aliphatic carbocycles. The van der Waals surface area contributed by atoms with Crippen molar-refractivity contribution in [3.05, 3.63) is 0 Å². The molecule has 17 heteroatoms. The average Bonchev–Trinajstić information content (AvgIpc) is 2.68. The summed E-state index contributed by atoms with van der Waals surface area (Å²) in [6.45, 7) is 0.449. The molecule has 1 rings (SSSR count). The Balaban J connectivity index is 2.89. The first-order valence-corrected chi connectivity index (χ1v) is 11.8. The van der Waals surface area contributed by atoms with Crippen LogP contribution in [0, 0.1) is 0 Å². The van der Waals surface area contributed by atoms with Gasteiger partial charge in [-0.05, 0) is 25.9 Å². The number of esters is 3. The first kappa shape index (κ1) is 33.8. The predicted octanol–water partition coefficient (Wildman–Crippen LogP) is 1.65. The number of nitrogens with zero attached hydrogens (tertiary/aromatic N) is 3. The molecule has 1 heterocycles. The van der Waals surface area contributed by atoms with Gasteiger partial charge in [-0.25, -0.2) is 0 Å². The Morgan fingerprint density at radius 3 is 1.42 bits per heavy atom. The van der Waals surface area contributed by atoms with Crippen molar-refractivity contribution in [1.29, 1.82) is 0 Å². The van der Waals surface area contributed by atoms with E-state index in [2.05, 4.69) is 19.5 Å². The molecular formula is C21H33F7N4O6.